The number of hydrogen-bond acceptors (Lipinski definition) is 4. The summed E-state index contributed by atoms with van der Waals surface area (Å²) in [6, 6.07) is 2.38. The van der Waals surface area contributed by atoms with Gasteiger partial charge in [0.15, 0.2) is 0 Å². The fraction of sp³-hybridized carbons (Fsp3) is 0.375. The Bertz CT molecular complexity index is 990. The normalized spacial score (nSPS) is 17.3. The standard InChI is InChI=1S/C16H15F3N6O/c1-25-14-9(3-2-4-12(14)23-24-25)15(26)21-8-5-11(16(17,18)19)10-7-20-22-13(10)6-8/h5-7,9H,2-4H2,1H3,(H,20,22)(H,21,26). The van der Waals surface area contributed by atoms with Gasteiger partial charge in [0.2, 0.25) is 5.91 Å². The lowest BCUT2D eigenvalue weighted by atomic mass is 9.89. The summed E-state index contributed by atoms with van der Waals surface area (Å²) < 4.78 is 41.5. The number of nitrogens with zero attached hydrogens (tertiary/aromatic N) is 4. The number of aromatic nitrogens is 5. The largest absolute Gasteiger partial charge is 0.417 e. The van der Waals surface area contributed by atoms with Crippen molar-refractivity contribution >= 4 is 22.5 Å². The van der Waals surface area contributed by atoms with Gasteiger partial charge in [0.1, 0.15) is 0 Å². The molecule has 1 unspecified atom stereocenters. The fourth-order valence-electron chi connectivity index (χ4n) is 3.46. The van der Waals surface area contributed by atoms with E-state index in [9.17, 15) is 18.0 Å². The molecule has 26 heavy (non-hydrogen) atoms. The van der Waals surface area contributed by atoms with E-state index in [1.807, 2.05) is 0 Å². The molecule has 0 saturated heterocycles. The first-order valence-electron chi connectivity index (χ1n) is 8.08. The summed E-state index contributed by atoms with van der Waals surface area (Å²) in [6.45, 7) is 0. The summed E-state index contributed by atoms with van der Waals surface area (Å²) in [4.78, 5) is 12.7. The van der Waals surface area contributed by atoms with Crippen LogP contribution in [0.2, 0.25) is 0 Å². The van der Waals surface area contributed by atoms with Gasteiger partial charge in [-0.2, -0.15) is 18.3 Å². The van der Waals surface area contributed by atoms with Crippen molar-refractivity contribution in [1.82, 2.24) is 25.2 Å². The van der Waals surface area contributed by atoms with Crippen molar-refractivity contribution in [2.45, 2.75) is 31.4 Å². The molecule has 7 nitrogen and oxygen atoms in total. The quantitative estimate of drug-likeness (QED) is 0.732. The number of fused-ring (bicyclic) bond motifs is 2. The Balaban J connectivity index is 1.68. The van der Waals surface area contributed by atoms with Crippen LogP contribution in [-0.2, 0) is 24.4 Å². The van der Waals surface area contributed by atoms with E-state index in [1.54, 1.807) is 11.7 Å². The highest BCUT2D eigenvalue weighted by molar-refractivity contribution is 5.98. The van der Waals surface area contributed by atoms with E-state index in [2.05, 4.69) is 25.8 Å². The van der Waals surface area contributed by atoms with Gasteiger partial charge < -0.3 is 5.32 Å². The summed E-state index contributed by atoms with van der Waals surface area (Å²) in [5.41, 5.74) is 0.917. The Morgan fingerprint density at radius 2 is 2.19 bits per heavy atom. The third-order valence-corrected chi connectivity index (χ3v) is 4.63. The van der Waals surface area contributed by atoms with Crippen LogP contribution in [-0.4, -0.2) is 31.1 Å². The van der Waals surface area contributed by atoms with Crippen molar-refractivity contribution in [1.29, 1.82) is 0 Å². The molecule has 1 aliphatic rings. The van der Waals surface area contributed by atoms with Gasteiger partial charge in [-0.25, -0.2) is 0 Å². The number of hydrogen-bond donors (Lipinski definition) is 2. The third kappa shape index (κ3) is 2.71. The van der Waals surface area contributed by atoms with Crippen LogP contribution in [0.4, 0.5) is 18.9 Å². The minimum atomic E-state index is -4.55. The molecule has 1 amide bonds. The van der Waals surface area contributed by atoms with E-state index in [1.165, 1.54) is 6.07 Å². The third-order valence-electron chi connectivity index (χ3n) is 4.63. The number of H-pyrrole nitrogens is 1. The van der Waals surface area contributed by atoms with Gasteiger partial charge in [0.25, 0.3) is 0 Å². The highest BCUT2D eigenvalue weighted by Gasteiger charge is 2.35. The highest BCUT2D eigenvalue weighted by atomic mass is 19.4. The van der Waals surface area contributed by atoms with Gasteiger partial charge in [-0.3, -0.25) is 14.6 Å². The zero-order valence-corrected chi connectivity index (χ0v) is 13.8. The number of amides is 1. The summed E-state index contributed by atoms with van der Waals surface area (Å²) in [7, 11) is 1.70. The molecule has 0 bridgehead atoms. The summed E-state index contributed by atoms with van der Waals surface area (Å²) in [5.74, 6) is -0.867. The second-order valence-corrected chi connectivity index (χ2v) is 6.33. The van der Waals surface area contributed by atoms with Crippen molar-refractivity contribution in [2.24, 2.45) is 7.05 Å². The number of carbonyl (C=O) groups is 1. The molecule has 1 aliphatic carbocycles. The Kier molecular flexibility index (Phi) is 3.70. The topological polar surface area (TPSA) is 88.5 Å². The van der Waals surface area contributed by atoms with E-state index in [0.717, 1.165) is 30.8 Å². The average Bonchev–Trinajstić information content (AvgIpc) is 3.20. The molecule has 1 atom stereocenters. The fourth-order valence-corrected chi connectivity index (χ4v) is 3.46. The smallest absolute Gasteiger partial charge is 0.325 e. The van der Waals surface area contributed by atoms with Crippen LogP contribution < -0.4 is 5.32 Å². The predicted molar refractivity (Wildman–Crippen MR) is 86.4 cm³/mol. The van der Waals surface area contributed by atoms with Crippen LogP contribution in [0.3, 0.4) is 0 Å². The second kappa shape index (κ2) is 5.82. The number of halogens is 3. The molecule has 4 rings (SSSR count). The number of aromatic amines is 1. The number of carbonyl (C=O) groups excluding carboxylic acids is 1. The van der Waals surface area contributed by atoms with E-state index in [0.29, 0.717) is 12.1 Å². The maximum atomic E-state index is 13.3. The lowest BCUT2D eigenvalue weighted by Gasteiger charge is -2.22. The Morgan fingerprint density at radius 1 is 1.38 bits per heavy atom. The molecular weight excluding hydrogens is 349 g/mol. The number of aryl methyl sites for hydroxylation is 2. The molecular formula is C16H15F3N6O. The molecule has 136 valence electrons. The van der Waals surface area contributed by atoms with E-state index in [4.69, 9.17) is 0 Å². The molecule has 10 heteroatoms. The molecule has 1 aromatic carbocycles. The predicted octanol–water partition coefficient (Wildman–Crippen LogP) is 2.77. The molecule has 0 fully saturated rings. The molecule has 2 N–H and O–H groups in total. The van der Waals surface area contributed by atoms with Gasteiger partial charge in [0.05, 0.1) is 34.6 Å². The Labute approximate surface area is 145 Å². The zero-order valence-electron chi connectivity index (χ0n) is 13.8. The van der Waals surface area contributed by atoms with Gasteiger partial charge in [-0.15, -0.1) is 5.10 Å². The van der Waals surface area contributed by atoms with Gasteiger partial charge in [-0.1, -0.05) is 5.21 Å². The van der Waals surface area contributed by atoms with Crippen LogP contribution in [0.1, 0.15) is 35.7 Å². The SMILES string of the molecule is Cn1nnc2c1C(C(=O)Nc1cc(C(F)(F)F)c3cn[nH]c3c1)CCC2. The molecule has 0 spiro atoms. The van der Waals surface area contributed by atoms with Gasteiger partial charge >= 0.3 is 6.18 Å². The van der Waals surface area contributed by atoms with Gasteiger partial charge in [0, 0.05) is 18.1 Å². The molecule has 2 heterocycles. The van der Waals surface area contributed by atoms with Crippen LogP contribution in [0.15, 0.2) is 18.3 Å². The van der Waals surface area contributed by atoms with Crippen molar-refractivity contribution in [3.05, 3.63) is 35.3 Å². The maximum Gasteiger partial charge on any atom is 0.417 e. The van der Waals surface area contributed by atoms with E-state index < -0.39 is 17.7 Å². The number of rotatable bonds is 2. The lowest BCUT2D eigenvalue weighted by molar-refractivity contribution is -0.136. The lowest BCUT2D eigenvalue weighted by Crippen LogP contribution is -2.26. The first-order chi connectivity index (χ1) is 12.3. The van der Waals surface area contributed by atoms with Crippen LogP contribution in [0.5, 0.6) is 0 Å². The monoisotopic (exact) mass is 364 g/mol. The molecule has 0 aliphatic heterocycles. The minimum Gasteiger partial charge on any atom is -0.325 e. The Hall–Kier alpha value is -2.91. The summed E-state index contributed by atoms with van der Waals surface area (Å²) >= 11 is 0. The summed E-state index contributed by atoms with van der Waals surface area (Å²) in [6.07, 6.45) is -1.31. The van der Waals surface area contributed by atoms with E-state index in [-0.39, 0.29) is 22.5 Å². The first kappa shape index (κ1) is 16.6. The van der Waals surface area contributed by atoms with Crippen molar-refractivity contribution < 1.29 is 18.0 Å². The molecule has 3 aromatic rings. The van der Waals surface area contributed by atoms with Crippen LogP contribution >= 0.6 is 0 Å². The summed E-state index contributed by atoms with van der Waals surface area (Å²) in [5, 5.41) is 16.7. The number of benzene rings is 1. The van der Waals surface area contributed by atoms with Gasteiger partial charge in [-0.05, 0) is 31.4 Å². The zero-order chi connectivity index (χ0) is 18.5. The number of alkyl halides is 3. The molecule has 2 aromatic heterocycles. The molecule has 0 radical (unpaired) electrons. The number of nitrogens with one attached hydrogen (secondary N) is 2. The molecule has 0 saturated carbocycles. The van der Waals surface area contributed by atoms with E-state index >= 15 is 0 Å². The minimum absolute atomic E-state index is 0.0358. The van der Waals surface area contributed by atoms with Crippen LogP contribution in [0.25, 0.3) is 10.9 Å². The number of anilines is 1. The second-order valence-electron chi connectivity index (χ2n) is 6.33. The average molecular weight is 364 g/mol. The Morgan fingerprint density at radius 3 is 2.96 bits per heavy atom. The van der Waals surface area contributed by atoms with Crippen LogP contribution in [0, 0.1) is 0 Å². The maximum absolute atomic E-state index is 13.3. The van der Waals surface area contributed by atoms with Crippen molar-refractivity contribution in [2.75, 3.05) is 5.32 Å². The first-order valence-corrected chi connectivity index (χ1v) is 8.08. The van der Waals surface area contributed by atoms with Crippen molar-refractivity contribution in [3.8, 4) is 0 Å². The van der Waals surface area contributed by atoms with Crippen molar-refractivity contribution in [3.63, 3.8) is 0 Å². The highest BCUT2D eigenvalue weighted by Crippen LogP contribution is 2.37.